The zero-order chi connectivity index (χ0) is 13.8. The second-order valence-electron chi connectivity index (χ2n) is 4.22. The minimum absolute atomic E-state index is 0. The van der Waals surface area contributed by atoms with Gasteiger partial charge in [0.15, 0.2) is 5.16 Å². The monoisotopic (exact) mass is 377 g/mol. The summed E-state index contributed by atoms with van der Waals surface area (Å²) in [5, 5.41) is 3.30. The maximum atomic E-state index is 4.58. The summed E-state index contributed by atoms with van der Waals surface area (Å²) in [5.74, 6) is 0.863. The van der Waals surface area contributed by atoms with Crippen LogP contribution in [-0.4, -0.2) is 15.1 Å². The summed E-state index contributed by atoms with van der Waals surface area (Å²) in [6.45, 7) is 0. The van der Waals surface area contributed by atoms with Gasteiger partial charge in [-0.05, 0) is 42.0 Å². The molecule has 3 rings (SSSR count). The number of thiocarbonyl (C=S) groups is 1. The molecule has 0 saturated heterocycles. The number of aromatic nitrogens is 2. The van der Waals surface area contributed by atoms with Gasteiger partial charge in [-0.15, -0.1) is 17.0 Å². The first-order valence-electron chi connectivity index (χ1n) is 6.09. The van der Waals surface area contributed by atoms with E-state index in [0.29, 0.717) is 0 Å². The predicted molar refractivity (Wildman–Crippen MR) is 97.1 cm³/mol. The highest BCUT2D eigenvalue weighted by molar-refractivity contribution is 8.93. The number of thioether (sulfide) groups is 1. The molecule has 0 unspecified atom stereocenters. The molecule has 0 aliphatic carbocycles. The second kappa shape index (κ2) is 7.52. The van der Waals surface area contributed by atoms with Gasteiger partial charge in [-0.25, -0.2) is 4.98 Å². The first kappa shape index (κ1) is 15.9. The fourth-order valence-electron chi connectivity index (χ4n) is 1.87. The molecule has 0 amide bonds. The first-order chi connectivity index (χ1) is 9.85. The van der Waals surface area contributed by atoms with E-state index in [0.717, 1.165) is 27.6 Å². The molecule has 1 N–H and O–H groups in total. The van der Waals surface area contributed by atoms with E-state index in [1.165, 1.54) is 5.56 Å². The summed E-state index contributed by atoms with van der Waals surface area (Å²) < 4.78 is 0. The Balaban J connectivity index is 0.00000161. The van der Waals surface area contributed by atoms with Gasteiger partial charge in [0.05, 0.1) is 21.9 Å². The molecular weight excluding hydrogens is 366 g/mol. The van der Waals surface area contributed by atoms with Crippen molar-refractivity contribution in [2.75, 3.05) is 0 Å². The van der Waals surface area contributed by atoms with Crippen molar-refractivity contribution >= 4 is 62.8 Å². The molecule has 21 heavy (non-hydrogen) atoms. The molecule has 1 aromatic heterocycles. The summed E-state index contributed by atoms with van der Waals surface area (Å²) in [5.41, 5.74) is 4.12. The molecule has 2 aromatic carbocycles. The average molecular weight is 378 g/mol. The van der Waals surface area contributed by atoms with E-state index in [4.69, 9.17) is 0 Å². The molecule has 0 fully saturated rings. The highest BCUT2D eigenvalue weighted by Crippen LogP contribution is 2.23. The van der Waals surface area contributed by atoms with Gasteiger partial charge in [0.1, 0.15) is 0 Å². The Morgan fingerprint density at radius 2 is 1.90 bits per heavy atom. The number of rotatable bonds is 4. The molecule has 0 aliphatic rings. The highest BCUT2D eigenvalue weighted by Gasteiger charge is 2.03. The van der Waals surface area contributed by atoms with Crippen molar-refractivity contribution in [3.63, 3.8) is 0 Å². The number of nitrogens with one attached hydrogen (secondary N) is 1. The summed E-state index contributed by atoms with van der Waals surface area (Å²) in [6.07, 6.45) is 0. The quantitative estimate of drug-likeness (QED) is 0.387. The summed E-state index contributed by atoms with van der Waals surface area (Å²) >= 11 is 6.27. The van der Waals surface area contributed by atoms with Crippen molar-refractivity contribution in [2.45, 2.75) is 10.9 Å². The lowest BCUT2D eigenvalue weighted by molar-refractivity contribution is 1.08. The van der Waals surface area contributed by atoms with Gasteiger partial charge in [0.2, 0.25) is 0 Å². The molecule has 0 bridgehead atoms. The van der Waals surface area contributed by atoms with E-state index < -0.39 is 0 Å². The Bertz CT molecular complexity index is 744. The Labute approximate surface area is 142 Å². The van der Waals surface area contributed by atoms with Crippen LogP contribution in [0.2, 0.25) is 0 Å². The predicted octanol–water partition coefficient (Wildman–Crippen LogP) is 5.17. The van der Waals surface area contributed by atoms with Gasteiger partial charge >= 0.3 is 0 Å². The van der Waals surface area contributed by atoms with E-state index in [1.54, 1.807) is 11.8 Å². The van der Waals surface area contributed by atoms with Crippen molar-refractivity contribution in [3.8, 4) is 0 Å². The first-order valence-corrected chi connectivity index (χ1v) is 7.49. The van der Waals surface area contributed by atoms with Crippen LogP contribution in [0, 0.1) is 0 Å². The lowest BCUT2D eigenvalue weighted by atomic mass is 10.2. The molecule has 0 radical (unpaired) electrons. The molecule has 0 aliphatic heterocycles. The molecule has 6 heteroatoms. The normalized spacial score (nSPS) is 9.90. The lowest BCUT2D eigenvalue weighted by Gasteiger charge is -1.99. The van der Waals surface area contributed by atoms with Crippen LogP contribution in [0.3, 0.4) is 0 Å². The number of hydrogen-bond acceptors (Lipinski definition) is 4. The standard InChI is InChI=1S/C15H11N3S2.BrH/c19-10-16-12-7-5-11(6-8-12)9-20-15-17-13-3-1-2-4-14(13)18-15;/h1-8H,9H2,(H,17,18);1H. The number of fused-ring (bicyclic) bond motifs is 1. The molecule has 0 atom stereocenters. The summed E-state index contributed by atoms with van der Waals surface area (Å²) in [7, 11) is 0. The molecular formula is C15H12BrN3S2. The Hall–Kier alpha value is -1.46. The molecule has 0 saturated carbocycles. The molecule has 3 nitrogen and oxygen atoms in total. The minimum Gasteiger partial charge on any atom is -0.333 e. The van der Waals surface area contributed by atoms with Crippen molar-refractivity contribution in [1.29, 1.82) is 0 Å². The van der Waals surface area contributed by atoms with Gasteiger partial charge in [-0.3, -0.25) is 0 Å². The van der Waals surface area contributed by atoms with Crippen molar-refractivity contribution in [2.24, 2.45) is 4.99 Å². The average Bonchev–Trinajstić information content (AvgIpc) is 2.90. The Morgan fingerprint density at radius 1 is 1.14 bits per heavy atom. The van der Waals surface area contributed by atoms with Crippen LogP contribution < -0.4 is 0 Å². The molecule has 1 heterocycles. The van der Waals surface area contributed by atoms with Crippen molar-refractivity contribution in [1.82, 2.24) is 9.97 Å². The molecule has 3 aromatic rings. The number of isothiocyanates is 1. The minimum atomic E-state index is 0. The van der Waals surface area contributed by atoms with Gasteiger partial charge in [-0.2, -0.15) is 4.99 Å². The zero-order valence-electron chi connectivity index (χ0n) is 10.9. The van der Waals surface area contributed by atoms with Gasteiger partial charge in [-0.1, -0.05) is 36.0 Å². The Kier molecular flexibility index (Phi) is 5.70. The fourth-order valence-corrected chi connectivity index (χ4v) is 2.82. The maximum absolute atomic E-state index is 4.58. The fraction of sp³-hybridized carbons (Fsp3) is 0.0667. The van der Waals surface area contributed by atoms with Crippen LogP contribution in [0.15, 0.2) is 58.7 Å². The number of H-pyrrole nitrogens is 1. The van der Waals surface area contributed by atoms with Gasteiger partial charge in [0.25, 0.3) is 0 Å². The number of aromatic amines is 1. The van der Waals surface area contributed by atoms with E-state index in [9.17, 15) is 0 Å². The van der Waals surface area contributed by atoms with Crippen LogP contribution in [0.5, 0.6) is 0 Å². The SMILES string of the molecule is Br.S=C=Nc1ccc(CSc2nc3ccccc3[nH]2)cc1. The van der Waals surface area contributed by atoms with Crippen LogP contribution in [0.1, 0.15) is 5.56 Å². The van der Waals surface area contributed by atoms with Crippen LogP contribution in [0.25, 0.3) is 11.0 Å². The van der Waals surface area contributed by atoms with E-state index in [-0.39, 0.29) is 17.0 Å². The number of para-hydroxylation sites is 2. The maximum Gasteiger partial charge on any atom is 0.166 e. The van der Waals surface area contributed by atoms with Gasteiger partial charge < -0.3 is 4.98 Å². The number of benzene rings is 2. The van der Waals surface area contributed by atoms with Crippen LogP contribution >= 0.6 is 41.0 Å². The third kappa shape index (κ3) is 4.02. The van der Waals surface area contributed by atoms with Crippen LogP contribution in [0.4, 0.5) is 5.69 Å². The third-order valence-corrected chi connectivity index (χ3v) is 3.89. The summed E-state index contributed by atoms with van der Waals surface area (Å²) in [6, 6.07) is 16.0. The lowest BCUT2D eigenvalue weighted by Crippen LogP contribution is -1.81. The number of halogens is 1. The van der Waals surface area contributed by atoms with Crippen molar-refractivity contribution < 1.29 is 0 Å². The Morgan fingerprint density at radius 3 is 2.62 bits per heavy atom. The zero-order valence-corrected chi connectivity index (χ0v) is 14.3. The van der Waals surface area contributed by atoms with E-state index in [2.05, 4.69) is 32.3 Å². The topological polar surface area (TPSA) is 41.0 Å². The van der Waals surface area contributed by atoms with Gasteiger partial charge in [0, 0.05) is 5.75 Å². The summed E-state index contributed by atoms with van der Waals surface area (Å²) in [4.78, 5) is 11.8. The molecule has 106 valence electrons. The highest BCUT2D eigenvalue weighted by atomic mass is 79.9. The smallest absolute Gasteiger partial charge is 0.166 e. The second-order valence-corrected chi connectivity index (χ2v) is 5.36. The number of aliphatic imine (C=N–C) groups is 1. The number of nitrogens with zero attached hydrogens (tertiary/aromatic N) is 2. The molecule has 0 spiro atoms. The largest absolute Gasteiger partial charge is 0.333 e. The third-order valence-electron chi connectivity index (χ3n) is 2.85. The van der Waals surface area contributed by atoms with Crippen molar-refractivity contribution in [3.05, 3.63) is 54.1 Å². The number of hydrogen-bond donors (Lipinski definition) is 1. The number of imidazole rings is 1. The van der Waals surface area contributed by atoms with E-state index >= 15 is 0 Å². The van der Waals surface area contributed by atoms with Crippen LogP contribution in [-0.2, 0) is 5.75 Å². The van der Waals surface area contributed by atoms with E-state index in [1.807, 2.05) is 48.5 Å².